The van der Waals surface area contributed by atoms with Gasteiger partial charge in [-0.1, -0.05) is 26.7 Å². The molecule has 7 nitrogen and oxygen atoms in total. The van der Waals surface area contributed by atoms with Crippen LogP contribution >= 0.6 is 0 Å². The van der Waals surface area contributed by atoms with Crippen LogP contribution in [-0.2, 0) is 14.8 Å². The summed E-state index contributed by atoms with van der Waals surface area (Å²) in [6.07, 6.45) is 2.20. The predicted molar refractivity (Wildman–Crippen MR) is 94.2 cm³/mol. The first-order valence-electron chi connectivity index (χ1n) is 8.61. The molecule has 2 N–H and O–H groups in total. The lowest BCUT2D eigenvalue weighted by Crippen LogP contribution is -2.45. The van der Waals surface area contributed by atoms with Gasteiger partial charge in [0, 0.05) is 32.7 Å². The van der Waals surface area contributed by atoms with Gasteiger partial charge in [-0.3, -0.25) is 4.99 Å². The molecule has 0 spiro atoms. The van der Waals surface area contributed by atoms with E-state index in [0.29, 0.717) is 44.7 Å². The highest BCUT2D eigenvalue weighted by atomic mass is 32.2. The third-order valence-corrected chi connectivity index (χ3v) is 5.89. The van der Waals surface area contributed by atoms with Crippen molar-refractivity contribution in [1.82, 2.24) is 14.9 Å². The summed E-state index contributed by atoms with van der Waals surface area (Å²) in [5, 5.41) is 6.28. The lowest BCUT2D eigenvalue weighted by atomic mass is 10.0. The van der Waals surface area contributed by atoms with Crippen LogP contribution in [-0.4, -0.2) is 70.4 Å². The Morgan fingerprint density at radius 1 is 1.17 bits per heavy atom. The van der Waals surface area contributed by atoms with Gasteiger partial charge in [0.1, 0.15) is 0 Å². The molecule has 1 aliphatic heterocycles. The average Bonchev–Trinajstić information content (AvgIpc) is 2.56. The summed E-state index contributed by atoms with van der Waals surface area (Å²) in [4.78, 5) is 4.55. The van der Waals surface area contributed by atoms with Crippen molar-refractivity contribution in [2.24, 2.45) is 10.9 Å². The third kappa shape index (κ3) is 7.50. The zero-order chi connectivity index (χ0) is 17.1. The lowest BCUT2D eigenvalue weighted by Gasteiger charge is -2.26. The van der Waals surface area contributed by atoms with Gasteiger partial charge in [-0.05, 0) is 12.8 Å². The van der Waals surface area contributed by atoms with E-state index in [2.05, 4.69) is 29.5 Å². The Balaban J connectivity index is 2.46. The fourth-order valence-electron chi connectivity index (χ4n) is 2.36. The zero-order valence-corrected chi connectivity index (χ0v) is 15.5. The Bertz CT molecular complexity index is 444. The number of hydrogen-bond acceptors (Lipinski definition) is 4. The minimum absolute atomic E-state index is 0.0718. The van der Waals surface area contributed by atoms with Crippen LogP contribution in [0.3, 0.4) is 0 Å². The van der Waals surface area contributed by atoms with Crippen molar-refractivity contribution in [3.8, 4) is 0 Å². The molecule has 136 valence electrons. The van der Waals surface area contributed by atoms with E-state index < -0.39 is 10.0 Å². The lowest BCUT2D eigenvalue weighted by molar-refractivity contribution is 0.0730. The molecule has 1 rings (SSSR count). The maximum Gasteiger partial charge on any atom is 0.215 e. The van der Waals surface area contributed by atoms with Crippen LogP contribution in [0.2, 0.25) is 0 Å². The Hall–Kier alpha value is -0.860. The van der Waals surface area contributed by atoms with Gasteiger partial charge in [-0.2, -0.15) is 4.31 Å². The second-order valence-electron chi connectivity index (χ2n) is 5.66. The van der Waals surface area contributed by atoms with Crippen molar-refractivity contribution in [2.75, 3.05) is 51.7 Å². The van der Waals surface area contributed by atoms with Crippen LogP contribution < -0.4 is 10.6 Å². The Morgan fingerprint density at radius 2 is 1.83 bits per heavy atom. The van der Waals surface area contributed by atoms with Gasteiger partial charge < -0.3 is 15.4 Å². The van der Waals surface area contributed by atoms with E-state index in [1.807, 2.05) is 6.92 Å². The maximum atomic E-state index is 12.3. The number of rotatable bonds is 9. The number of nitrogens with zero attached hydrogens (tertiary/aromatic N) is 2. The van der Waals surface area contributed by atoms with E-state index in [0.717, 1.165) is 25.9 Å². The number of ether oxygens (including phenoxy) is 1. The molecule has 0 aliphatic carbocycles. The van der Waals surface area contributed by atoms with E-state index in [-0.39, 0.29) is 5.75 Å². The fourth-order valence-corrected chi connectivity index (χ4v) is 3.68. The number of morpholine rings is 1. The average molecular weight is 349 g/mol. The molecule has 1 saturated heterocycles. The molecule has 1 fully saturated rings. The van der Waals surface area contributed by atoms with Crippen molar-refractivity contribution in [2.45, 2.75) is 33.6 Å². The summed E-state index contributed by atoms with van der Waals surface area (Å²) in [7, 11) is -3.23. The number of aliphatic imine (C=N–C) groups is 1. The zero-order valence-electron chi connectivity index (χ0n) is 14.7. The Labute approximate surface area is 140 Å². The van der Waals surface area contributed by atoms with Crippen LogP contribution in [0.4, 0.5) is 0 Å². The molecule has 8 heteroatoms. The first-order valence-corrected chi connectivity index (χ1v) is 10.2. The molecule has 0 aromatic rings. The van der Waals surface area contributed by atoms with Gasteiger partial charge >= 0.3 is 0 Å². The molecule has 0 aromatic carbocycles. The molecule has 1 heterocycles. The molecule has 0 radical (unpaired) electrons. The van der Waals surface area contributed by atoms with Crippen LogP contribution in [0.1, 0.15) is 33.6 Å². The monoisotopic (exact) mass is 348 g/mol. The number of hydrogen-bond donors (Lipinski definition) is 2. The van der Waals surface area contributed by atoms with Crippen LogP contribution in [0, 0.1) is 5.92 Å². The standard InChI is InChI=1S/C15H32N4O3S/c1-4-14(5-2)13-18-15(16-6-3)17-7-12-23(20,21)19-8-10-22-11-9-19/h14H,4-13H2,1-3H3,(H2,16,17,18). The largest absolute Gasteiger partial charge is 0.379 e. The highest BCUT2D eigenvalue weighted by molar-refractivity contribution is 7.89. The quantitative estimate of drug-likeness (QED) is 0.472. The molecule has 0 saturated carbocycles. The Morgan fingerprint density at radius 3 is 2.39 bits per heavy atom. The van der Waals surface area contributed by atoms with Crippen LogP contribution in [0.5, 0.6) is 0 Å². The molecule has 0 atom stereocenters. The normalized spacial score (nSPS) is 17.5. The summed E-state index contributed by atoms with van der Waals surface area (Å²) >= 11 is 0. The van der Waals surface area contributed by atoms with Crippen molar-refractivity contribution in [1.29, 1.82) is 0 Å². The van der Waals surface area contributed by atoms with Crippen molar-refractivity contribution < 1.29 is 13.2 Å². The van der Waals surface area contributed by atoms with Crippen molar-refractivity contribution >= 4 is 16.0 Å². The summed E-state index contributed by atoms with van der Waals surface area (Å²) in [6, 6.07) is 0. The predicted octanol–water partition coefficient (Wildman–Crippen LogP) is 0.640. The van der Waals surface area contributed by atoms with E-state index in [1.165, 1.54) is 4.31 Å². The number of nitrogens with one attached hydrogen (secondary N) is 2. The minimum atomic E-state index is -3.23. The smallest absolute Gasteiger partial charge is 0.215 e. The molecular formula is C15H32N4O3S. The van der Waals surface area contributed by atoms with Gasteiger partial charge in [0.2, 0.25) is 10.0 Å². The van der Waals surface area contributed by atoms with E-state index in [1.54, 1.807) is 0 Å². The first kappa shape index (κ1) is 20.2. The van der Waals surface area contributed by atoms with E-state index in [4.69, 9.17) is 4.74 Å². The molecule has 1 aliphatic rings. The van der Waals surface area contributed by atoms with Gasteiger partial charge in [-0.25, -0.2) is 8.42 Å². The second-order valence-corrected chi connectivity index (χ2v) is 7.74. The van der Waals surface area contributed by atoms with Gasteiger partial charge in [0.15, 0.2) is 5.96 Å². The second kappa shape index (κ2) is 10.8. The SMILES string of the molecule is CCNC(=NCC(CC)CC)NCCS(=O)(=O)N1CCOCC1. The molecule has 0 unspecified atom stereocenters. The van der Waals surface area contributed by atoms with Crippen LogP contribution in [0.25, 0.3) is 0 Å². The highest BCUT2D eigenvalue weighted by Crippen LogP contribution is 2.07. The van der Waals surface area contributed by atoms with Gasteiger partial charge in [-0.15, -0.1) is 0 Å². The van der Waals surface area contributed by atoms with E-state index in [9.17, 15) is 8.42 Å². The molecule has 0 amide bonds. The fraction of sp³-hybridized carbons (Fsp3) is 0.933. The van der Waals surface area contributed by atoms with Gasteiger partial charge in [0.05, 0.1) is 19.0 Å². The minimum Gasteiger partial charge on any atom is -0.379 e. The van der Waals surface area contributed by atoms with E-state index >= 15 is 0 Å². The first-order chi connectivity index (χ1) is 11.0. The summed E-state index contributed by atoms with van der Waals surface area (Å²) in [5.41, 5.74) is 0. The molecule has 23 heavy (non-hydrogen) atoms. The van der Waals surface area contributed by atoms with Gasteiger partial charge in [0.25, 0.3) is 0 Å². The highest BCUT2D eigenvalue weighted by Gasteiger charge is 2.23. The molecule has 0 aromatic heterocycles. The summed E-state index contributed by atoms with van der Waals surface area (Å²) in [6.45, 7) is 10.1. The number of sulfonamides is 1. The molecular weight excluding hydrogens is 316 g/mol. The summed E-state index contributed by atoms with van der Waals surface area (Å²) < 4.78 is 31.2. The third-order valence-electron chi connectivity index (χ3n) is 4.02. The van der Waals surface area contributed by atoms with Crippen LogP contribution in [0.15, 0.2) is 4.99 Å². The van der Waals surface area contributed by atoms with Crippen molar-refractivity contribution in [3.05, 3.63) is 0 Å². The molecule has 0 bridgehead atoms. The summed E-state index contributed by atoms with van der Waals surface area (Å²) in [5.74, 6) is 1.33. The van der Waals surface area contributed by atoms with Crippen molar-refractivity contribution in [3.63, 3.8) is 0 Å². The number of guanidine groups is 1. The topological polar surface area (TPSA) is 83.0 Å². The maximum absolute atomic E-state index is 12.3. The Kier molecular flexibility index (Phi) is 9.50.